The third kappa shape index (κ3) is 1.28. The van der Waals surface area contributed by atoms with E-state index in [9.17, 15) is 9.59 Å². The number of hydrogen-bond donors (Lipinski definition) is 1. The van der Waals surface area contributed by atoms with Gasteiger partial charge in [-0.05, 0) is 13.8 Å². The third-order valence-electron chi connectivity index (χ3n) is 2.88. The van der Waals surface area contributed by atoms with Crippen LogP contribution in [0.25, 0.3) is 0 Å². The first-order valence-corrected chi connectivity index (χ1v) is 5.53. The summed E-state index contributed by atoms with van der Waals surface area (Å²) < 4.78 is 4.57. The average Bonchev–Trinajstić information content (AvgIpc) is 2.35. The maximum absolute atomic E-state index is 11.6. The lowest BCUT2D eigenvalue weighted by Gasteiger charge is -2.42. The minimum Gasteiger partial charge on any atom is -0.480 e. The van der Waals surface area contributed by atoms with E-state index in [4.69, 9.17) is 9.84 Å². The summed E-state index contributed by atoms with van der Waals surface area (Å²) in [6, 6.07) is -0.744. The predicted octanol–water partition coefficient (Wildman–Crippen LogP) is 0.148. The Kier molecular flexibility index (Phi) is 2.24. The van der Waals surface area contributed by atoms with Gasteiger partial charge in [0.2, 0.25) is 0 Å². The molecule has 6 heteroatoms. The maximum atomic E-state index is 11.6. The van der Waals surface area contributed by atoms with Gasteiger partial charge in [-0.2, -0.15) is 0 Å². The number of carbonyl (C=O) groups excluding carboxylic acids is 1. The van der Waals surface area contributed by atoms with Crippen LogP contribution >= 0.6 is 11.8 Å². The number of thioether (sulfide) groups is 1. The van der Waals surface area contributed by atoms with Crippen LogP contribution in [-0.2, 0) is 14.3 Å². The van der Waals surface area contributed by atoms with Gasteiger partial charge in [0, 0.05) is 11.9 Å². The summed E-state index contributed by atoms with van der Waals surface area (Å²) in [6.45, 7) is 3.68. The normalized spacial score (nSPS) is 37.4. The topological polar surface area (TPSA) is 66.8 Å². The highest BCUT2D eigenvalue weighted by Gasteiger charge is 2.64. The highest BCUT2D eigenvalue weighted by atomic mass is 32.2. The zero-order chi connectivity index (χ0) is 11.4. The summed E-state index contributed by atoms with van der Waals surface area (Å²) in [7, 11) is 1.47. The SMILES string of the molecule is COC1C(=O)N2[C@@H]1SC(C)(C)[C@@H]2C(=O)O. The molecule has 84 valence electrons. The molecule has 0 aromatic carbocycles. The van der Waals surface area contributed by atoms with E-state index in [-0.39, 0.29) is 11.3 Å². The molecular formula is C9H13NO4S. The van der Waals surface area contributed by atoms with Gasteiger partial charge in [-0.15, -0.1) is 11.8 Å². The van der Waals surface area contributed by atoms with E-state index in [0.717, 1.165) is 0 Å². The lowest BCUT2D eigenvalue weighted by Crippen LogP contribution is -2.66. The van der Waals surface area contributed by atoms with Crippen molar-refractivity contribution in [2.24, 2.45) is 0 Å². The van der Waals surface area contributed by atoms with Gasteiger partial charge in [0.05, 0.1) is 0 Å². The van der Waals surface area contributed by atoms with Crippen molar-refractivity contribution in [3.05, 3.63) is 0 Å². The van der Waals surface area contributed by atoms with Crippen molar-refractivity contribution in [3.63, 3.8) is 0 Å². The number of nitrogens with zero attached hydrogens (tertiary/aromatic N) is 1. The lowest BCUT2D eigenvalue weighted by atomic mass is 9.97. The first-order chi connectivity index (χ1) is 6.90. The van der Waals surface area contributed by atoms with Gasteiger partial charge in [-0.1, -0.05) is 0 Å². The van der Waals surface area contributed by atoms with Crippen LogP contribution in [0, 0.1) is 0 Å². The van der Waals surface area contributed by atoms with E-state index >= 15 is 0 Å². The summed E-state index contributed by atoms with van der Waals surface area (Å²) in [6.07, 6.45) is -0.473. The van der Waals surface area contributed by atoms with E-state index in [2.05, 4.69) is 0 Å². The summed E-state index contributed by atoms with van der Waals surface area (Å²) in [4.78, 5) is 24.1. The molecule has 2 heterocycles. The number of carbonyl (C=O) groups is 2. The van der Waals surface area contributed by atoms with Crippen molar-refractivity contribution in [3.8, 4) is 0 Å². The first-order valence-electron chi connectivity index (χ1n) is 4.65. The number of fused-ring (bicyclic) bond motifs is 1. The molecule has 0 saturated carbocycles. The molecule has 0 aromatic rings. The van der Waals surface area contributed by atoms with Gasteiger partial charge in [0.15, 0.2) is 6.10 Å². The van der Waals surface area contributed by atoms with Crippen molar-refractivity contribution in [2.45, 2.75) is 36.1 Å². The molecule has 1 N–H and O–H groups in total. The van der Waals surface area contributed by atoms with Crippen molar-refractivity contribution in [1.29, 1.82) is 0 Å². The Morgan fingerprint density at radius 2 is 2.20 bits per heavy atom. The molecule has 5 nitrogen and oxygen atoms in total. The Morgan fingerprint density at radius 1 is 1.60 bits per heavy atom. The molecule has 0 bridgehead atoms. The second-order valence-electron chi connectivity index (χ2n) is 4.25. The van der Waals surface area contributed by atoms with Gasteiger partial charge < -0.3 is 14.7 Å². The van der Waals surface area contributed by atoms with E-state index in [1.165, 1.54) is 23.8 Å². The van der Waals surface area contributed by atoms with Crippen LogP contribution in [-0.4, -0.2) is 51.3 Å². The number of amides is 1. The molecule has 2 aliphatic rings. The zero-order valence-electron chi connectivity index (χ0n) is 8.76. The molecule has 2 fully saturated rings. The Morgan fingerprint density at radius 3 is 2.67 bits per heavy atom. The zero-order valence-corrected chi connectivity index (χ0v) is 9.58. The molecule has 2 rings (SSSR count). The summed E-state index contributed by atoms with van der Waals surface area (Å²) in [5.74, 6) is -1.16. The number of methoxy groups -OCH3 is 1. The summed E-state index contributed by atoms with van der Waals surface area (Å²) in [5.41, 5.74) is 0. The van der Waals surface area contributed by atoms with Gasteiger partial charge in [0.25, 0.3) is 5.91 Å². The quantitative estimate of drug-likeness (QED) is 0.685. The molecule has 0 spiro atoms. The van der Waals surface area contributed by atoms with Gasteiger partial charge in [-0.25, -0.2) is 4.79 Å². The molecule has 15 heavy (non-hydrogen) atoms. The van der Waals surface area contributed by atoms with Crippen LogP contribution in [0.15, 0.2) is 0 Å². The number of ether oxygens (including phenoxy) is 1. The maximum Gasteiger partial charge on any atom is 0.327 e. The Labute approximate surface area is 91.8 Å². The minimum absolute atomic E-state index is 0.140. The van der Waals surface area contributed by atoms with Crippen LogP contribution in [0.5, 0.6) is 0 Å². The monoisotopic (exact) mass is 231 g/mol. The minimum atomic E-state index is -0.946. The number of aliphatic carboxylic acids is 1. The smallest absolute Gasteiger partial charge is 0.327 e. The van der Waals surface area contributed by atoms with Gasteiger partial charge >= 0.3 is 5.97 Å². The Hall–Kier alpha value is -0.750. The number of carboxylic acids is 1. The molecule has 0 aliphatic carbocycles. The molecule has 2 saturated heterocycles. The standard InChI is InChI=1S/C9H13NO4S/c1-9(2)5(8(12)13)10-6(11)4(14-3)7(10)15-9/h4-5,7H,1-3H3,(H,12,13)/t4?,5-,7+/m0/s1. The Balaban J connectivity index is 2.28. The highest BCUT2D eigenvalue weighted by Crippen LogP contribution is 2.51. The van der Waals surface area contributed by atoms with Crippen LogP contribution < -0.4 is 0 Å². The highest BCUT2D eigenvalue weighted by molar-refractivity contribution is 8.01. The van der Waals surface area contributed by atoms with Crippen molar-refractivity contribution >= 4 is 23.6 Å². The fraction of sp³-hybridized carbons (Fsp3) is 0.778. The average molecular weight is 231 g/mol. The van der Waals surface area contributed by atoms with E-state index in [1.54, 1.807) is 0 Å². The van der Waals surface area contributed by atoms with Crippen LogP contribution in [0.3, 0.4) is 0 Å². The second kappa shape index (κ2) is 3.12. The van der Waals surface area contributed by atoms with Crippen LogP contribution in [0.2, 0.25) is 0 Å². The van der Waals surface area contributed by atoms with Crippen molar-refractivity contribution in [1.82, 2.24) is 4.90 Å². The first kappa shape index (κ1) is 10.8. The number of rotatable bonds is 2. The number of hydrogen-bond acceptors (Lipinski definition) is 4. The second-order valence-corrected chi connectivity index (χ2v) is 6.03. The molecule has 1 amide bonds. The summed E-state index contributed by atoms with van der Waals surface area (Å²) >= 11 is 1.49. The molecule has 1 unspecified atom stereocenters. The third-order valence-corrected chi connectivity index (χ3v) is 4.43. The predicted molar refractivity (Wildman–Crippen MR) is 54.5 cm³/mol. The molecule has 2 aliphatic heterocycles. The molecule has 0 radical (unpaired) electrons. The van der Waals surface area contributed by atoms with Crippen LogP contribution in [0.1, 0.15) is 13.8 Å². The lowest BCUT2D eigenvalue weighted by molar-refractivity contribution is -0.172. The van der Waals surface area contributed by atoms with E-state index in [0.29, 0.717) is 0 Å². The van der Waals surface area contributed by atoms with E-state index in [1.807, 2.05) is 13.8 Å². The Bertz CT molecular complexity index is 330. The van der Waals surface area contributed by atoms with Crippen molar-refractivity contribution in [2.75, 3.05) is 7.11 Å². The van der Waals surface area contributed by atoms with Gasteiger partial charge in [0.1, 0.15) is 11.4 Å². The van der Waals surface area contributed by atoms with Gasteiger partial charge in [-0.3, -0.25) is 4.79 Å². The number of carboxylic acid groups (broad SMARTS) is 1. The summed E-state index contributed by atoms with van der Waals surface area (Å²) in [5, 5.41) is 8.96. The molecule has 3 atom stereocenters. The number of β-lactam (4-membered cyclic amide) rings is 1. The molecular weight excluding hydrogens is 218 g/mol. The fourth-order valence-corrected chi connectivity index (χ4v) is 3.85. The fourth-order valence-electron chi connectivity index (χ4n) is 2.19. The van der Waals surface area contributed by atoms with E-state index < -0.39 is 22.9 Å². The molecule has 0 aromatic heterocycles. The van der Waals surface area contributed by atoms with Crippen molar-refractivity contribution < 1.29 is 19.4 Å². The largest absolute Gasteiger partial charge is 0.480 e. The van der Waals surface area contributed by atoms with Crippen LogP contribution in [0.4, 0.5) is 0 Å².